The maximum Gasteiger partial charge on any atom is 0.0467 e. The molecular formula is C28H40IN. The zero-order valence-corrected chi connectivity index (χ0v) is 21.1. The Hall–Kier alpha value is -1.03. The van der Waals surface area contributed by atoms with E-state index in [1.807, 2.05) is 0 Å². The minimum absolute atomic E-state index is 1.21. The number of H-pyrrole nitrogens is 1. The van der Waals surface area contributed by atoms with E-state index in [2.05, 4.69) is 70.9 Å². The van der Waals surface area contributed by atoms with Crippen molar-refractivity contribution in [3.8, 4) is 0 Å². The van der Waals surface area contributed by atoms with Crippen molar-refractivity contribution in [2.75, 3.05) is 0 Å². The predicted molar refractivity (Wildman–Crippen MR) is 143 cm³/mol. The monoisotopic (exact) mass is 517 g/mol. The van der Waals surface area contributed by atoms with Crippen LogP contribution >= 0.6 is 22.6 Å². The Morgan fingerprint density at radius 2 is 1.20 bits per heavy atom. The molecule has 30 heavy (non-hydrogen) atoms. The molecule has 0 bridgehead atoms. The van der Waals surface area contributed by atoms with Gasteiger partial charge in [0, 0.05) is 25.4 Å². The molecule has 0 aliphatic heterocycles. The number of hydrogen-bond donors (Lipinski definition) is 1. The number of aromatic nitrogens is 1. The molecule has 1 N–H and O–H groups in total. The molecule has 0 atom stereocenters. The van der Waals surface area contributed by atoms with Gasteiger partial charge in [0.05, 0.1) is 0 Å². The second-order valence-corrected chi connectivity index (χ2v) is 10.3. The standard InChI is InChI=1S/C28H40IN/c1-2-3-4-5-6-7-8-9-10-11-12-13-14-15-16-23-17-19-25-26-22-24(29)18-20-27(26)30-28(25)21-23/h17-22,30H,2-16H2,1H3. The summed E-state index contributed by atoms with van der Waals surface area (Å²) in [7, 11) is 0. The fraction of sp³-hybridized carbons (Fsp3) is 0.571. The van der Waals surface area contributed by atoms with E-state index in [0.29, 0.717) is 0 Å². The number of hydrogen-bond acceptors (Lipinski definition) is 0. The number of unbranched alkanes of at least 4 members (excludes halogenated alkanes) is 13. The number of aryl methyl sites for hydroxylation is 1. The molecule has 1 aromatic heterocycles. The molecule has 0 saturated heterocycles. The lowest BCUT2D eigenvalue weighted by molar-refractivity contribution is 0.535. The lowest BCUT2D eigenvalue weighted by atomic mass is 10.0. The Morgan fingerprint density at radius 1 is 0.600 bits per heavy atom. The Labute approximate surface area is 197 Å². The summed E-state index contributed by atoms with van der Waals surface area (Å²) >= 11 is 2.40. The zero-order valence-electron chi connectivity index (χ0n) is 18.9. The Bertz CT molecular complexity index is 879. The van der Waals surface area contributed by atoms with Crippen molar-refractivity contribution < 1.29 is 0 Å². The van der Waals surface area contributed by atoms with Crippen molar-refractivity contribution in [2.45, 2.75) is 103 Å². The van der Waals surface area contributed by atoms with Gasteiger partial charge in [-0.3, -0.25) is 0 Å². The highest BCUT2D eigenvalue weighted by molar-refractivity contribution is 14.1. The third-order valence-corrected chi connectivity index (χ3v) is 7.12. The maximum absolute atomic E-state index is 3.59. The molecule has 0 amide bonds. The summed E-state index contributed by atoms with van der Waals surface area (Å²) in [5.41, 5.74) is 4.01. The van der Waals surface area contributed by atoms with Crippen LogP contribution in [-0.2, 0) is 6.42 Å². The normalized spacial score (nSPS) is 11.7. The van der Waals surface area contributed by atoms with Gasteiger partial charge in [0.15, 0.2) is 0 Å². The Kier molecular flexibility index (Phi) is 10.6. The Balaban J connectivity index is 1.25. The van der Waals surface area contributed by atoms with Gasteiger partial charge >= 0.3 is 0 Å². The van der Waals surface area contributed by atoms with Crippen molar-refractivity contribution in [3.05, 3.63) is 45.5 Å². The molecule has 3 aromatic rings. The molecule has 0 saturated carbocycles. The van der Waals surface area contributed by atoms with E-state index in [4.69, 9.17) is 0 Å². The van der Waals surface area contributed by atoms with Crippen molar-refractivity contribution in [3.63, 3.8) is 0 Å². The number of halogens is 1. The largest absolute Gasteiger partial charge is 0.355 e. The second-order valence-electron chi connectivity index (χ2n) is 9.04. The fourth-order valence-corrected chi connectivity index (χ4v) is 5.09. The topological polar surface area (TPSA) is 15.8 Å². The molecule has 0 aliphatic carbocycles. The van der Waals surface area contributed by atoms with Gasteiger partial charge in [0.1, 0.15) is 0 Å². The Morgan fingerprint density at radius 3 is 1.83 bits per heavy atom. The van der Waals surface area contributed by atoms with Gasteiger partial charge in [0.2, 0.25) is 0 Å². The van der Waals surface area contributed by atoms with Crippen molar-refractivity contribution >= 4 is 44.4 Å². The average Bonchev–Trinajstić information content (AvgIpc) is 3.11. The van der Waals surface area contributed by atoms with Gasteiger partial charge in [-0.1, -0.05) is 103 Å². The molecule has 1 nitrogen and oxygen atoms in total. The number of benzene rings is 2. The third-order valence-electron chi connectivity index (χ3n) is 6.44. The summed E-state index contributed by atoms with van der Waals surface area (Å²) < 4.78 is 1.30. The molecule has 1 heterocycles. The van der Waals surface area contributed by atoms with Gasteiger partial charge in [-0.15, -0.1) is 0 Å². The lowest BCUT2D eigenvalue weighted by Gasteiger charge is -2.04. The summed E-state index contributed by atoms with van der Waals surface area (Å²) in [6.07, 6.45) is 21.2. The van der Waals surface area contributed by atoms with Crippen LogP contribution in [0.2, 0.25) is 0 Å². The summed E-state index contributed by atoms with van der Waals surface area (Å²) in [6, 6.07) is 13.7. The van der Waals surface area contributed by atoms with Crippen LogP contribution < -0.4 is 0 Å². The zero-order chi connectivity index (χ0) is 21.0. The summed E-state index contributed by atoms with van der Waals surface area (Å²) in [4.78, 5) is 3.59. The van der Waals surface area contributed by atoms with Crippen LogP contribution in [0.25, 0.3) is 21.8 Å². The molecule has 0 fully saturated rings. The van der Waals surface area contributed by atoms with Gasteiger partial charge in [-0.05, 0) is 65.3 Å². The molecule has 0 aliphatic rings. The molecule has 2 aromatic carbocycles. The number of aromatic amines is 1. The van der Waals surface area contributed by atoms with Gasteiger partial charge in [-0.2, -0.15) is 0 Å². The molecule has 0 spiro atoms. The highest BCUT2D eigenvalue weighted by Gasteiger charge is 2.05. The average molecular weight is 518 g/mol. The van der Waals surface area contributed by atoms with Crippen LogP contribution in [0.3, 0.4) is 0 Å². The second kappa shape index (κ2) is 13.4. The number of rotatable bonds is 15. The highest BCUT2D eigenvalue weighted by Crippen LogP contribution is 2.28. The van der Waals surface area contributed by atoms with E-state index < -0.39 is 0 Å². The third kappa shape index (κ3) is 7.59. The highest BCUT2D eigenvalue weighted by atomic mass is 127. The number of nitrogens with one attached hydrogen (secondary N) is 1. The van der Waals surface area contributed by atoms with E-state index >= 15 is 0 Å². The molecule has 164 valence electrons. The van der Waals surface area contributed by atoms with E-state index in [9.17, 15) is 0 Å². The van der Waals surface area contributed by atoms with E-state index in [-0.39, 0.29) is 0 Å². The quantitative estimate of drug-likeness (QED) is 0.153. The van der Waals surface area contributed by atoms with Crippen LogP contribution in [-0.4, -0.2) is 4.98 Å². The predicted octanol–water partition coefficient (Wildman–Crippen LogP) is 9.95. The molecular weight excluding hydrogens is 477 g/mol. The van der Waals surface area contributed by atoms with E-state index in [1.54, 1.807) is 0 Å². The van der Waals surface area contributed by atoms with Crippen LogP contribution in [0, 0.1) is 3.57 Å². The van der Waals surface area contributed by atoms with Crippen LogP contribution in [0.15, 0.2) is 36.4 Å². The van der Waals surface area contributed by atoms with Crippen molar-refractivity contribution in [1.82, 2.24) is 4.98 Å². The van der Waals surface area contributed by atoms with E-state index in [1.165, 1.54) is 127 Å². The molecule has 2 heteroatoms. The fourth-order valence-electron chi connectivity index (χ4n) is 4.60. The smallest absolute Gasteiger partial charge is 0.0467 e. The summed E-state index contributed by atoms with van der Waals surface area (Å²) in [6.45, 7) is 2.30. The minimum Gasteiger partial charge on any atom is -0.355 e. The first-order valence-electron chi connectivity index (χ1n) is 12.5. The SMILES string of the molecule is CCCCCCCCCCCCCCCCc1ccc2c(c1)[nH]c1ccc(I)cc12. The lowest BCUT2D eigenvalue weighted by Crippen LogP contribution is -1.87. The first kappa shape index (κ1) is 23.6. The molecule has 0 radical (unpaired) electrons. The minimum atomic E-state index is 1.21. The summed E-state index contributed by atoms with van der Waals surface area (Å²) in [5, 5.41) is 2.70. The van der Waals surface area contributed by atoms with Gasteiger partial charge < -0.3 is 4.98 Å². The van der Waals surface area contributed by atoms with Crippen molar-refractivity contribution in [2.24, 2.45) is 0 Å². The van der Waals surface area contributed by atoms with Crippen LogP contribution in [0.1, 0.15) is 102 Å². The first-order chi connectivity index (χ1) is 14.8. The summed E-state index contributed by atoms with van der Waals surface area (Å²) in [5.74, 6) is 0. The maximum atomic E-state index is 3.59. The van der Waals surface area contributed by atoms with E-state index in [0.717, 1.165) is 0 Å². The van der Waals surface area contributed by atoms with Crippen molar-refractivity contribution in [1.29, 1.82) is 0 Å². The number of fused-ring (bicyclic) bond motifs is 3. The molecule has 0 unspecified atom stereocenters. The van der Waals surface area contributed by atoms with Crippen LogP contribution in [0.4, 0.5) is 0 Å². The first-order valence-corrected chi connectivity index (χ1v) is 13.6. The van der Waals surface area contributed by atoms with Crippen LogP contribution in [0.5, 0.6) is 0 Å². The van der Waals surface area contributed by atoms with Gasteiger partial charge in [0.25, 0.3) is 0 Å². The van der Waals surface area contributed by atoms with Gasteiger partial charge in [-0.25, -0.2) is 0 Å². The molecule has 3 rings (SSSR count).